The van der Waals surface area contributed by atoms with Crippen molar-refractivity contribution < 1.29 is 18.1 Å². The van der Waals surface area contributed by atoms with Gasteiger partial charge in [-0.2, -0.15) is 8.42 Å². The van der Waals surface area contributed by atoms with Crippen LogP contribution in [-0.4, -0.2) is 28.0 Å². The summed E-state index contributed by atoms with van der Waals surface area (Å²) in [6.45, 7) is 1.54. The first kappa shape index (κ1) is 14.4. The van der Waals surface area contributed by atoms with E-state index < -0.39 is 10.1 Å². The monoisotopic (exact) mass is 294 g/mol. The molecule has 0 aliphatic heterocycles. The van der Waals surface area contributed by atoms with Crippen molar-refractivity contribution in [3.8, 4) is 5.75 Å². The molecule has 1 aromatic heterocycles. The fourth-order valence-corrected chi connectivity index (χ4v) is 2.24. The molecule has 0 atom stereocenters. The second-order valence-electron chi connectivity index (χ2n) is 4.37. The van der Waals surface area contributed by atoms with Crippen LogP contribution in [0, 0.1) is 6.92 Å². The fraction of sp³-hybridized carbons (Fsp3) is 0.231. The lowest BCUT2D eigenvalue weighted by molar-refractivity contribution is 0.473. The number of aromatic hydroxyl groups is 1. The third-order valence-corrected chi connectivity index (χ3v) is 3.62. The molecule has 1 aliphatic rings. The van der Waals surface area contributed by atoms with Gasteiger partial charge in [0.2, 0.25) is 0 Å². The number of benzene rings is 1. The van der Waals surface area contributed by atoms with Crippen LogP contribution in [0.25, 0.3) is 0 Å². The van der Waals surface area contributed by atoms with E-state index in [4.69, 9.17) is 9.66 Å². The standard InChI is InChI=1S/C8H8O.C5H6N2O3S/c9-8-4-3-6-1-2-7(6)5-8;1-4-6-3-2-5(7-4)11(8,9)10/h3-5,9H,1-2H2;2-3H,1H3,(H,8,9,10). The van der Waals surface area contributed by atoms with Crippen molar-refractivity contribution in [2.75, 3.05) is 0 Å². The predicted octanol–water partition coefficient (Wildman–Crippen LogP) is 1.52. The molecule has 2 N–H and O–H groups in total. The van der Waals surface area contributed by atoms with E-state index in [0.29, 0.717) is 11.6 Å². The largest absolute Gasteiger partial charge is 0.508 e. The minimum absolute atomic E-state index is 0.306. The Bertz CT molecular complexity index is 729. The van der Waals surface area contributed by atoms with Crippen LogP contribution in [0.2, 0.25) is 0 Å². The molecule has 2 aromatic rings. The van der Waals surface area contributed by atoms with Crippen LogP contribution < -0.4 is 0 Å². The molecule has 0 bridgehead atoms. The SMILES string of the molecule is Cc1nccc(S(=O)(=O)O)n1.Oc1ccc2c(c1)CC2. The average Bonchev–Trinajstić information content (AvgIpc) is 2.33. The number of hydrogen-bond acceptors (Lipinski definition) is 5. The van der Waals surface area contributed by atoms with Gasteiger partial charge in [0.25, 0.3) is 0 Å². The molecule has 3 rings (SSSR count). The summed E-state index contributed by atoms with van der Waals surface area (Å²) in [5.74, 6) is 0.702. The van der Waals surface area contributed by atoms with Crippen molar-refractivity contribution in [3.63, 3.8) is 0 Å². The second-order valence-corrected chi connectivity index (χ2v) is 5.74. The summed E-state index contributed by atoms with van der Waals surface area (Å²) < 4.78 is 29.4. The molecule has 0 saturated carbocycles. The highest BCUT2D eigenvalue weighted by atomic mass is 32.2. The number of rotatable bonds is 1. The van der Waals surface area contributed by atoms with E-state index in [1.165, 1.54) is 30.7 Å². The Kier molecular flexibility index (Phi) is 4.01. The molecule has 1 aromatic carbocycles. The predicted molar refractivity (Wildman–Crippen MR) is 72.1 cm³/mol. The Labute approximate surface area is 116 Å². The van der Waals surface area contributed by atoms with Gasteiger partial charge in [-0.1, -0.05) is 6.07 Å². The van der Waals surface area contributed by atoms with Crippen LogP contribution in [0.15, 0.2) is 35.5 Å². The highest BCUT2D eigenvalue weighted by molar-refractivity contribution is 7.85. The van der Waals surface area contributed by atoms with Crippen LogP contribution in [0.5, 0.6) is 5.75 Å². The lowest BCUT2D eigenvalue weighted by Crippen LogP contribution is -2.06. The van der Waals surface area contributed by atoms with Crippen molar-refractivity contribution in [1.29, 1.82) is 0 Å². The number of phenolic OH excluding ortho intramolecular Hbond substituents is 1. The number of phenols is 1. The first-order valence-corrected chi connectivity index (χ1v) is 7.38. The fourth-order valence-electron chi connectivity index (χ4n) is 1.76. The number of fused-ring (bicyclic) bond motifs is 1. The molecule has 6 nitrogen and oxygen atoms in total. The van der Waals surface area contributed by atoms with Gasteiger partial charge in [-0.3, -0.25) is 4.55 Å². The highest BCUT2D eigenvalue weighted by Gasteiger charge is 2.11. The smallest absolute Gasteiger partial charge is 0.312 e. The number of hydrogen-bond donors (Lipinski definition) is 2. The zero-order valence-corrected chi connectivity index (χ0v) is 11.6. The quantitative estimate of drug-likeness (QED) is 0.611. The average molecular weight is 294 g/mol. The van der Waals surface area contributed by atoms with Gasteiger partial charge in [-0.25, -0.2) is 9.97 Å². The summed E-state index contributed by atoms with van der Waals surface area (Å²) in [6.07, 6.45) is 3.60. The third-order valence-electron chi connectivity index (χ3n) is 2.87. The summed E-state index contributed by atoms with van der Waals surface area (Å²) in [5.41, 5.74) is 2.71. The van der Waals surface area contributed by atoms with Crippen LogP contribution in [0.1, 0.15) is 17.0 Å². The number of nitrogens with zero attached hydrogens (tertiary/aromatic N) is 2. The van der Waals surface area contributed by atoms with E-state index in [0.717, 1.165) is 12.5 Å². The molecule has 7 heteroatoms. The molecular formula is C13H14N2O4S. The lowest BCUT2D eigenvalue weighted by Gasteiger charge is -2.17. The molecular weight excluding hydrogens is 280 g/mol. The Balaban J connectivity index is 0.000000149. The van der Waals surface area contributed by atoms with Crippen LogP contribution >= 0.6 is 0 Å². The van der Waals surface area contributed by atoms with E-state index in [9.17, 15) is 8.42 Å². The topological polar surface area (TPSA) is 100 Å². The summed E-state index contributed by atoms with van der Waals surface area (Å²) in [4.78, 5) is 7.16. The lowest BCUT2D eigenvalue weighted by atomic mass is 9.89. The van der Waals surface area contributed by atoms with Crippen LogP contribution in [-0.2, 0) is 23.0 Å². The van der Waals surface area contributed by atoms with Gasteiger partial charge in [-0.15, -0.1) is 0 Å². The molecule has 0 fully saturated rings. The summed E-state index contributed by atoms with van der Waals surface area (Å²) in [6, 6.07) is 6.72. The van der Waals surface area contributed by atoms with Gasteiger partial charge in [0.05, 0.1) is 0 Å². The molecule has 0 saturated heterocycles. The molecule has 0 radical (unpaired) electrons. The Morgan fingerprint density at radius 2 is 1.85 bits per heavy atom. The van der Waals surface area contributed by atoms with Crippen molar-refractivity contribution in [3.05, 3.63) is 47.4 Å². The normalized spacial score (nSPS) is 12.7. The molecule has 1 heterocycles. The molecule has 20 heavy (non-hydrogen) atoms. The van der Waals surface area contributed by atoms with Gasteiger partial charge < -0.3 is 5.11 Å². The third kappa shape index (κ3) is 3.52. The van der Waals surface area contributed by atoms with Crippen molar-refractivity contribution >= 4 is 10.1 Å². The summed E-state index contributed by atoms with van der Waals surface area (Å²) >= 11 is 0. The first-order valence-electron chi connectivity index (χ1n) is 5.94. The minimum atomic E-state index is -4.18. The van der Waals surface area contributed by atoms with E-state index in [2.05, 4.69) is 9.97 Å². The maximum atomic E-state index is 10.5. The Morgan fingerprint density at radius 3 is 2.25 bits per heavy atom. The van der Waals surface area contributed by atoms with E-state index in [1.54, 1.807) is 6.07 Å². The second kappa shape index (κ2) is 5.56. The van der Waals surface area contributed by atoms with Gasteiger partial charge in [0.15, 0.2) is 5.03 Å². The van der Waals surface area contributed by atoms with Gasteiger partial charge in [0, 0.05) is 6.20 Å². The van der Waals surface area contributed by atoms with Crippen LogP contribution in [0.3, 0.4) is 0 Å². The maximum absolute atomic E-state index is 10.5. The van der Waals surface area contributed by atoms with Crippen LogP contribution in [0.4, 0.5) is 0 Å². The van der Waals surface area contributed by atoms with E-state index in [1.807, 2.05) is 12.1 Å². The zero-order valence-electron chi connectivity index (χ0n) is 10.8. The van der Waals surface area contributed by atoms with Gasteiger partial charge >= 0.3 is 10.1 Å². The van der Waals surface area contributed by atoms with Crippen molar-refractivity contribution in [2.24, 2.45) is 0 Å². The van der Waals surface area contributed by atoms with Gasteiger partial charge in [-0.05, 0) is 49.1 Å². The summed E-state index contributed by atoms with van der Waals surface area (Å²) in [5, 5.41) is 8.60. The Hall–Kier alpha value is -1.99. The number of aromatic nitrogens is 2. The molecule has 0 amide bonds. The van der Waals surface area contributed by atoms with Crippen molar-refractivity contribution in [1.82, 2.24) is 9.97 Å². The molecule has 0 unspecified atom stereocenters. The summed E-state index contributed by atoms with van der Waals surface area (Å²) in [7, 11) is -4.18. The van der Waals surface area contributed by atoms with Gasteiger partial charge in [0.1, 0.15) is 11.6 Å². The van der Waals surface area contributed by atoms with E-state index in [-0.39, 0.29) is 5.03 Å². The first-order chi connectivity index (χ1) is 9.36. The Morgan fingerprint density at radius 1 is 1.15 bits per heavy atom. The maximum Gasteiger partial charge on any atom is 0.312 e. The van der Waals surface area contributed by atoms with Crippen molar-refractivity contribution in [2.45, 2.75) is 24.8 Å². The molecule has 106 valence electrons. The number of aryl methyl sites for hydroxylation is 3. The zero-order chi connectivity index (χ0) is 14.8. The molecule has 0 spiro atoms. The minimum Gasteiger partial charge on any atom is -0.508 e. The molecule has 1 aliphatic carbocycles. The highest BCUT2D eigenvalue weighted by Crippen LogP contribution is 2.25. The van der Waals surface area contributed by atoms with E-state index >= 15 is 0 Å².